The number of piperidine rings is 1. The third-order valence-corrected chi connectivity index (χ3v) is 6.14. The van der Waals surface area contributed by atoms with Gasteiger partial charge in [-0.25, -0.2) is 0 Å². The minimum Gasteiger partial charge on any atom is -0.489 e. The van der Waals surface area contributed by atoms with Gasteiger partial charge < -0.3 is 9.84 Å². The zero-order valence-electron chi connectivity index (χ0n) is 18.5. The quantitative estimate of drug-likeness (QED) is 0.440. The number of rotatable bonds is 7. The average Bonchev–Trinajstić information content (AvgIpc) is 2.84. The van der Waals surface area contributed by atoms with Crippen molar-refractivity contribution in [3.8, 4) is 5.75 Å². The molecule has 178 valence electrons. The number of benzene rings is 3. The molecule has 7 heteroatoms. The van der Waals surface area contributed by atoms with Gasteiger partial charge in [-0.2, -0.15) is 13.2 Å². The molecule has 4 rings (SSSR count). The molecular weight excluding hydrogens is 443 g/mol. The molecule has 0 amide bonds. The third kappa shape index (κ3) is 5.42. The Morgan fingerprint density at radius 2 is 1.74 bits per heavy atom. The van der Waals surface area contributed by atoms with E-state index in [-0.39, 0.29) is 5.56 Å². The van der Waals surface area contributed by atoms with Gasteiger partial charge >= 0.3 is 12.1 Å². The number of hydrogen-bond donors (Lipinski definition) is 1. The van der Waals surface area contributed by atoms with Gasteiger partial charge in [-0.15, -0.1) is 0 Å². The number of hydrogen-bond acceptors (Lipinski definition) is 3. The van der Waals surface area contributed by atoms with E-state index in [9.17, 15) is 23.1 Å². The summed E-state index contributed by atoms with van der Waals surface area (Å²) in [7, 11) is 0. The molecule has 0 spiro atoms. The van der Waals surface area contributed by atoms with Crippen molar-refractivity contribution in [2.45, 2.75) is 44.1 Å². The van der Waals surface area contributed by atoms with Crippen molar-refractivity contribution < 1.29 is 27.8 Å². The first-order valence-corrected chi connectivity index (χ1v) is 11.3. The Morgan fingerprint density at radius 3 is 2.47 bits per heavy atom. The van der Waals surface area contributed by atoms with Crippen LogP contribution in [0.2, 0.25) is 0 Å². The normalized spacial score (nSPS) is 17.8. The highest BCUT2D eigenvalue weighted by Gasteiger charge is 2.40. The number of likely N-dealkylation sites (tertiary alicyclic amines) is 1. The number of carbonyl (C=O) groups is 1. The SMILES string of the molecule is O=C(O)C1CCCCN1C(c1cccc(OCc2ccccc2)c1)c1ccccc1C(F)(F)F. The van der Waals surface area contributed by atoms with Crippen LogP contribution in [0.3, 0.4) is 0 Å². The smallest absolute Gasteiger partial charge is 0.416 e. The molecule has 2 unspecified atom stereocenters. The Kier molecular flexibility index (Phi) is 7.22. The van der Waals surface area contributed by atoms with Crippen LogP contribution in [-0.2, 0) is 17.6 Å². The molecule has 3 aromatic carbocycles. The second-order valence-corrected chi connectivity index (χ2v) is 8.42. The van der Waals surface area contributed by atoms with Crippen molar-refractivity contribution >= 4 is 5.97 Å². The van der Waals surface area contributed by atoms with Crippen LogP contribution in [0.4, 0.5) is 13.2 Å². The summed E-state index contributed by atoms with van der Waals surface area (Å²) in [6, 6.07) is 20.2. The number of alkyl halides is 3. The number of ether oxygens (including phenoxy) is 1. The van der Waals surface area contributed by atoms with Gasteiger partial charge in [-0.3, -0.25) is 9.69 Å². The van der Waals surface area contributed by atoms with Gasteiger partial charge in [0.1, 0.15) is 18.4 Å². The summed E-state index contributed by atoms with van der Waals surface area (Å²) >= 11 is 0. The van der Waals surface area contributed by atoms with Crippen molar-refractivity contribution in [2.24, 2.45) is 0 Å². The minimum absolute atomic E-state index is 0.0448. The fraction of sp³-hybridized carbons (Fsp3) is 0.296. The topological polar surface area (TPSA) is 49.8 Å². The van der Waals surface area contributed by atoms with Crippen molar-refractivity contribution in [1.29, 1.82) is 0 Å². The summed E-state index contributed by atoms with van der Waals surface area (Å²) in [5.41, 5.74) is 0.818. The first-order chi connectivity index (χ1) is 16.3. The number of carboxylic acids is 1. The Hall–Kier alpha value is -3.32. The van der Waals surface area contributed by atoms with E-state index in [1.807, 2.05) is 30.3 Å². The molecule has 1 aliphatic rings. The Morgan fingerprint density at radius 1 is 1.00 bits per heavy atom. The van der Waals surface area contributed by atoms with Gasteiger partial charge in [0.05, 0.1) is 11.6 Å². The highest BCUT2D eigenvalue weighted by Crippen LogP contribution is 2.41. The molecule has 0 radical (unpaired) electrons. The molecule has 4 nitrogen and oxygen atoms in total. The van der Waals surface area contributed by atoms with E-state index in [0.29, 0.717) is 30.9 Å². The summed E-state index contributed by atoms with van der Waals surface area (Å²) in [6.07, 6.45) is -2.73. The van der Waals surface area contributed by atoms with Crippen LogP contribution < -0.4 is 4.74 Å². The summed E-state index contributed by atoms with van der Waals surface area (Å²) in [5.74, 6) is -0.509. The summed E-state index contributed by atoms with van der Waals surface area (Å²) in [6.45, 7) is 0.707. The minimum atomic E-state index is -4.56. The molecule has 0 saturated carbocycles. The lowest BCUT2D eigenvalue weighted by Crippen LogP contribution is -2.47. The molecule has 1 saturated heterocycles. The maximum Gasteiger partial charge on any atom is 0.416 e. The van der Waals surface area contributed by atoms with E-state index in [2.05, 4.69) is 0 Å². The van der Waals surface area contributed by atoms with Crippen LogP contribution in [0.1, 0.15) is 47.6 Å². The van der Waals surface area contributed by atoms with Gasteiger partial charge in [-0.1, -0.05) is 67.1 Å². The molecule has 3 aromatic rings. The number of nitrogens with zero attached hydrogens (tertiary/aromatic N) is 1. The molecule has 2 atom stereocenters. The van der Waals surface area contributed by atoms with Gasteiger partial charge in [0.15, 0.2) is 0 Å². The van der Waals surface area contributed by atoms with Gasteiger partial charge in [0.2, 0.25) is 0 Å². The van der Waals surface area contributed by atoms with Crippen LogP contribution >= 0.6 is 0 Å². The van der Waals surface area contributed by atoms with Crippen LogP contribution in [0, 0.1) is 0 Å². The molecule has 34 heavy (non-hydrogen) atoms. The molecule has 1 aliphatic heterocycles. The summed E-state index contributed by atoms with van der Waals surface area (Å²) in [4.78, 5) is 13.7. The van der Waals surface area contributed by atoms with E-state index in [1.54, 1.807) is 35.2 Å². The van der Waals surface area contributed by atoms with Gasteiger partial charge in [0, 0.05) is 0 Å². The van der Waals surface area contributed by atoms with E-state index in [4.69, 9.17) is 4.74 Å². The maximum atomic E-state index is 14.0. The van der Waals surface area contributed by atoms with Crippen LogP contribution in [-0.4, -0.2) is 28.6 Å². The number of aliphatic carboxylic acids is 1. The van der Waals surface area contributed by atoms with Gasteiger partial charge in [0.25, 0.3) is 0 Å². The molecule has 0 aromatic heterocycles. The van der Waals surface area contributed by atoms with Crippen molar-refractivity contribution in [2.75, 3.05) is 6.54 Å². The number of halogens is 3. The molecule has 1 fully saturated rings. The first-order valence-electron chi connectivity index (χ1n) is 11.3. The zero-order valence-corrected chi connectivity index (χ0v) is 18.5. The van der Waals surface area contributed by atoms with E-state index in [1.165, 1.54) is 12.1 Å². The highest BCUT2D eigenvalue weighted by atomic mass is 19.4. The van der Waals surface area contributed by atoms with Crippen LogP contribution in [0.5, 0.6) is 5.75 Å². The molecule has 0 aliphatic carbocycles. The standard InChI is InChI=1S/C27H26F3NO3/c28-27(29,30)23-14-5-4-13-22(23)25(31-16-7-6-15-24(31)26(32)33)20-11-8-12-21(17-20)34-18-19-9-2-1-3-10-19/h1-5,8-14,17,24-25H,6-7,15-16,18H2,(H,32,33). The Labute approximate surface area is 196 Å². The summed E-state index contributed by atoms with van der Waals surface area (Å²) in [5, 5.41) is 9.86. The lowest BCUT2D eigenvalue weighted by Gasteiger charge is -2.40. The zero-order chi connectivity index (χ0) is 24.1. The van der Waals surface area contributed by atoms with Crippen LogP contribution in [0.15, 0.2) is 78.9 Å². The largest absolute Gasteiger partial charge is 0.489 e. The van der Waals surface area contributed by atoms with E-state index < -0.39 is 29.8 Å². The fourth-order valence-corrected chi connectivity index (χ4v) is 4.59. The number of carboxylic acid groups (broad SMARTS) is 1. The lowest BCUT2D eigenvalue weighted by atomic mass is 9.89. The second kappa shape index (κ2) is 10.3. The van der Waals surface area contributed by atoms with Crippen molar-refractivity contribution in [3.63, 3.8) is 0 Å². The highest BCUT2D eigenvalue weighted by molar-refractivity contribution is 5.73. The van der Waals surface area contributed by atoms with E-state index >= 15 is 0 Å². The van der Waals surface area contributed by atoms with Crippen molar-refractivity contribution in [1.82, 2.24) is 4.90 Å². The predicted octanol–water partition coefficient (Wildman–Crippen LogP) is 6.31. The maximum absolute atomic E-state index is 14.0. The predicted molar refractivity (Wildman–Crippen MR) is 122 cm³/mol. The average molecular weight is 470 g/mol. The molecule has 0 bridgehead atoms. The monoisotopic (exact) mass is 469 g/mol. The summed E-state index contributed by atoms with van der Waals surface area (Å²) < 4.78 is 47.8. The third-order valence-electron chi connectivity index (χ3n) is 6.14. The first kappa shape index (κ1) is 23.8. The lowest BCUT2D eigenvalue weighted by molar-refractivity contribution is -0.145. The molecular formula is C27H26F3NO3. The van der Waals surface area contributed by atoms with Crippen molar-refractivity contribution in [3.05, 3.63) is 101 Å². The van der Waals surface area contributed by atoms with E-state index in [0.717, 1.165) is 24.5 Å². The van der Waals surface area contributed by atoms with Gasteiger partial charge in [-0.05, 0) is 54.3 Å². The van der Waals surface area contributed by atoms with Crippen LogP contribution in [0.25, 0.3) is 0 Å². The Bertz CT molecular complexity index is 1120. The molecule has 1 N–H and O–H groups in total. The fourth-order valence-electron chi connectivity index (χ4n) is 4.59. The molecule has 1 heterocycles. The second-order valence-electron chi connectivity index (χ2n) is 8.42. The Balaban J connectivity index is 1.76.